The summed E-state index contributed by atoms with van der Waals surface area (Å²) in [6.07, 6.45) is 1.73. The number of rotatable bonds is 8. The van der Waals surface area contributed by atoms with Crippen LogP contribution in [0.15, 0.2) is 0 Å². The zero-order chi connectivity index (χ0) is 13.5. The highest BCUT2D eigenvalue weighted by Crippen LogP contribution is 2.29. The molecule has 2 atom stereocenters. The Hall–Kier alpha value is -0.220. The van der Waals surface area contributed by atoms with Gasteiger partial charge in [-0.15, -0.1) is 0 Å². The summed E-state index contributed by atoms with van der Waals surface area (Å²) in [6.45, 7) is 7.61. The van der Waals surface area contributed by atoms with E-state index in [2.05, 4.69) is 6.92 Å². The molecule has 0 unspecified atom stereocenters. The smallest absolute Gasteiger partial charge is 0.313 e. The minimum Gasteiger partial charge on any atom is -0.469 e. The van der Waals surface area contributed by atoms with Gasteiger partial charge in [0, 0.05) is 0 Å². The maximum atomic E-state index is 11.6. The summed E-state index contributed by atoms with van der Waals surface area (Å²) in [5.74, 6) is 1.73. The van der Waals surface area contributed by atoms with Gasteiger partial charge in [0.2, 0.25) is 0 Å². The molecular formula is C13H26O3S. The molecule has 0 spiro atoms. The second-order valence-corrected chi connectivity index (χ2v) is 6.21. The van der Waals surface area contributed by atoms with Crippen LogP contribution in [0, 0.1) is 11.3 Å². The molecule has 0 bridgehead atoms. The van der Waals surface area contributed by atoms with Crippen LogP contribution in [0.3, 0.4) is 0 Å². The van der Waals surface area contributed by atoms with Gasteiger partial charge < -0.3 is 9.84 Å². The van der Waals surface area contributed by atoms with Crippen LogP contribution in [-0.2, 0) is 9.53 Å². The predicted octanol–water partition coefficient (Wildman–Crippen LogP) is 2.72. The Labute approximate surface area is 109 Å². The lowest BCUT2D eigenvalue weighted by Gasteiger charge is -2.31. The van der Waals surface area contributed by atoms with Crippen LogP contribution in [0.5, 0.6) is 0 Å². The quantitative estimate of drug-likeness (QED) is 0.540. The van der Waals surface area contributed by atoms with Crippen molar-refractivity contribution in [1.82, 2.24) is 0 Å². The lowest BCUT2D eigenvalue weighted by Crippen LogP contribution is -2.42. The van der Waals surface area contributed by atoms with Gasteiger partial charge >= 0.3 is 5.97 Å². The van der Waals surface area contributed by atoms with Gasteiger partial charge in [-0.3, -0.25) is 4.79 Å². The minimum absolute atomic E-state index is 0.0888. The average molecular weight is 262 g/mol. The van der Waals surface area contributed by atoms with E-state index >= 15 is 0 Å². The standard InChI is InChI=1S/C13H26O3S/c1-6-7-8-17-9-10(2)11(14)13(3,4)12(15)16-5/h10-11,14H,6-9H2,1-5H3/t10-,11+/m1/s1. The second-order valence-electron chi connectivity index (χ2n) is 5.06. The number of carbonyl (C=O) groups excluding carboxylic acids is 1. The van der Waals surface area contributed by atoms with Gasteiger partial charge in [-0.05, 0) is 37.7 Å². The molecule has 0 radical (unpaired) electrons. The van der Waals surface area contributed by atoms with E-state index in [-0.39, 0.29) is 11.9 Å². The van der Waals surface area contributed by atoms with E-state index in [0.717, 1.165) is 11.5 Å². The van der Waals surface area contributed by atoms with Crippen molar-refractivity contribution in [3.63, 3.8) is 0 Å². The predicted molar refractivity (Wildman–Crippen MR) is 73.2 cm³/mol. The molecule has 4 heteroatoms. The Kier molecular flexibility index (Phi) is 7.88. The number of aliphatic hydroxyl groups is 1. The van der Waals surface area contributed by atoms with Crippen molar-refractivity contribution in [1.29, 1.82) is 0 Å². The Bertz CT molecular complexity index is 229. The third-order valence-corrected chi connectivity index (χ3v) is 4.35. The first-order valence-corrected chi connectivity index (χ1v) is 7.37. The molecule has 0 fully saturated rings. The molecule has 0 aliphatic heterocycles. The summed E-state index contributed by atoms with van der Waals surface area (Å²) in [6, 6.07) is 0. The fourth-order valence-electron chi connectivity index (χ4n) is 1.70. The zero-order valence-electron chi connectivity index (χ0n) is 11.7. The molecule has 0 aliphatic carbocycles. The molecule has 0 heterocycles. The fourth-order valence-corrected chi connectivity index (χ4v) is 2.92. The maximum absolute atomic E-state index is 11.6. The lowest BCUT2D eigenvalue weighted by atomic mass is 9.81. The molecule has 0 saturated heterocycles. The van der Waals surface area contributed by atoms with Crippen LogP contribution in [0.2, 0.25) is 0 Å². The van der Waals surface area contributed by atoms with Gasteiger partial charge in [-0.2, -0.15) is 11.8 Å². The van der Waals surface area contributed by atoms with Gasteiger partial charge in [0.25, 0.3) is 0 Å². The summed E-state index contributed by atoms with van der Waals surface area (Å²) in [5.41, 5.74) is -0.834. The van der Waals surface area contributed by atoms with Crippen LogP contribution < -0.4 is 0 Å². The first-order valence-electron chi connectivity index (χ1n) is 6.22. The first kappa shape index (κ1) is 16.8. The highest BCUT2D eigenvalue weighted by Gasteiger charge is 2.39. The molecule has 0 aromatic heterocycles. The Morgan fingerprint density at radius 3 is 2.53 bits per heavy atom. The summed E-state index contributed by atoms with van der Waals surface area (Å²) in [4.78, 5) is 11.6. The van der Waals surface area contributed by atoms with E-state index in [1.807, 2.05) is 18.7 Å². The number of thioether (sulfide) groups is 1. The first-order chi connectivity index (χ1) is 7.87. The highest BCUT2D eigenvalue weighted by atomic mass is 32.2. The lowest BCUT2D eigenvalue weighted by molar-refractivity contribution is -0.159. The van der Waals surface area contributed by atoms with E-state index in [1.54, 1.807) is 13.8 Å². The molecule has 0 amide bonds. The van der Waals surface area contributed by atoms with Crippen LogP contribution in [0.1, 0.15) is 40.5 Å². The van der Waals surface area contributed by atoms with Crippen LogP contribution in [0.4, 0.5) is 0 Å². The van der Waals surface area contributed by atoms with Crippen molar-refractivity contribution in [3.8, 4) is 0 Å². The largest absolute Gasteiger partial charge is 0.469 e. The monoisotopic (exact) mass is 262 g/mol. The number of aliphatic hydroxyl groups excluding tert-OH is 1. The second kappa shape index (κ2) is 7.98. The molecule has 0 aromatic rings. The molecule has 3 nitrogen and oxygen atoms in total. The van der Waals surface area contributed by atoms with Gasteiger partial charge in [0.1, 0.15) is 0 Å². The summed E-state index contributed by atoms with van der Waals surface area (Å²) in [7, 11) is 1.36. The van der Waals surface area contributed by atoms with E-state index in [9.17, 15) is 9.90 Å². The Balaban J connectivity index is 4.19. The molecule has 0 saturated carbocycles. The van der Waals surface area contributed by atoms with Gasteiger partial charge in [-0.1, -0.05) is 20.3 Å². The van der Waals surface area contributed by atoms with Gasteiger partial charge in [0.15, 0.2) is 0 Å². The van der Waals surface area contributed by atoms with Crippen molar-refractivity contribution in [2.75, 3.05) is 18.6 Å². The van der Waals surface area contributed by atoms with E-state index in [4.69, 9.17) is 4.74 Å². The van der Waals surface area contributed by atoms with Crippen molar-refractivity contribution in [3.05, 3.63) is 0 Å². The Morgan fingerprint density at radius 1 is 1.47 bits per heavy atom. The molecule has 17 heavy (non-hydrogen) atoms. The van der Waals surface area contributed by atoms with E-state index < -0.39 is 11.5 Å². The number of hydrogen-bond acceptors (Lipinski definition) is 4. The molecular weight excluding hydrogens is 236 g/mol. The van der Waals surface area contributed by atoms with Crippen molar-refractivity contribution < 1.29 is 14.6 Å². The Morgan fingerprint density at radius 2 is 2.06 bits per heavy atom. The number of hydrogen-bond donors (Lipinski definition) is 1. The molecule has 0 aromatic carbocycles. The molecule has 0 aliphatic rings. The normalized spacial score (nSPS) is 15.4. The zero-order valence-corrected chi connectivity index (χ0v) is 12.5. The molecule has 1 N–H and O–H groups in total. The third kappa shape index (κ3) is 5.30. The number of esters is 1. The van der Waals surface area contributed by atoms with Crippen molar-refractivity contribution in [2.24, 2.45) is 11.3 Å². The van der Waals surface area contributed by atoms with Crippen LogP contribution >= 0.6 is 11.8 Å². The number of methoxy groups -OCH3 is 1. The number of carbonyl (C=O) groups is 1. The summed E-state index contributed by atoms with van der Waals surface area (Å²) < 4.78 is 4.72. The average Bonchev–Trinajstić information content (AvgIpc) is 2.32. The van der Waals surface area contributed by atoms with Crippen molar-refractivity contribution in [2.45, 2.75) is 46.6 Å². The van der Waals surface area contributed by atoms with Crippen molar-refractivity contribution >= 4 is 17.7 Å². The van der Waals surface area contributed by atoms with Crippen LogP contribution in [0.25, 0.3) is 0 Å². The number of unbranched alkanes of at least 4 members (excludes halogenated alkanes) is 1. The fraction of sp³-hybridized carbons (Fsp3) is 0.923. The van der Waals surface area contributed by atoms with E-state index in [1.165, 1.54) is 20.0 Å². The maximum Gasteiger partial charge on any atom is 0.313 e. The summed E-state index contributed by atoms with van der Waals surface area (Å²) in [5, 5.41) is 10.2. The molecule has 102 valence electrons. The number of ether oxygens (including phenoxy) is 1. The SMILES string of the molecule is CCCCSC[C@@H](C)[C@H](O)C(C)(C)C(=O)OC. The van der Waals surface area contributed by atoms with Crippen LogP contribution in [-0.4, -0.2) is 35.8 Å². The minimum atomic E-state index is -0.834. The summed E-state index contributed by atoms with van der Waals surface area (Å²) >= 11 is 1.84. The van der Waals surface area contributed by atoms with E-state index in [0.29, 0.717) is 0 Å². The topological polar surface area (TPSA) is 46.5 Å². The highest BCUT2D eigenvalue weighted by molar-refractivity contribution is 7.99. The third-order valence-electron chi connectivity index (χ3n) is 3.01. The van der Waals surface area contributed by atoms with Gasteiger partial charge in [0.05, 0.1) is 18.6 Å². The molecule has 0 rings (SSSR count). The van der Waals surface area contributed by atoms with Gasteiger partial charge in [-0.25, -0.2) is 0 Å².